The topological polar surface area (TPSA) is 0 Å². The number of quaternary nitrogens is 1. The second kappa shape index (κ2) is 16.9. The van der Waals surface area contributed by atoms with Crippen LogP contribution in [0.5, 0.6) is 0 Å². The molecule has 0 aromatic carbocycles. The zero-order valence-electron chi connectivity index (χ0n) is 19.6. The highest BCUT2D eigenvalue weighted by Crippen LogP contribution is 2.30. The molecule has 1 saturated carbocycles. The van der Waals surface area contributed by atoms with E-state index in [1.807, 2.05) is 0 Å². The van der Waals surface area contributed by atoms with Gasteiger partial charge in [0.1, 0.15) is 0 Å². The van der Waals surface area contributed by atoms with Crippen LogP contribution >= 0.6 is 0 Å². The minimum atomic E-state index is 0.989. The fourth-order valence-electron chi connectivity index (χ4n) is 5.42. The molecule has 1 rings (SSSR count). The summed E-state index contributed by atoms with van der Waals surface area (Å²) in [6, 6.07) is 0.989. The molecular formula is C26H54N+. The summed E-state index contributed by atoms with van der Waals surface area (Å²) >= 11 is 0. The first-order chi connectivity index (χ1) is 13.3. The number of nitrogens with zero attached hydrogens (tertiary/aromatic N) is 1. The second-order valence-corrected chi connectivity index (χ2v) is 9.52. The molecule has 27 heavy (non-hydrogen) atoms. The van der Waals surface area contributed by atoms with E-state index in [-0.39, 0.29) is 0 Å². The zero-order valence-corrected chi connectivity index (χ0v) is 19.6. The third-order valence-corrected chi connectivity index (χ3v) is 7.39. The van der Waals surface area contributed by atoms with Gasteiger partial charge in [-0.15, -0.1) is 0 Å². The molecular weight excluding hydrogens is 326 g/mol. The van der Waals surface area contributed by atoms with Gasteiger partial charge in [0.05, 0.1) is 25.7 Å². The van der Waals surface area contributed by atoms with Crippen molar-refractivity contribution in [3.8, 4) is 0 Å². The van der Waals surface area contributed by atoms with Gasteiger partial charge in [0, 0.05) is 0 Å². The highest BCUT2D eigenvalue weighted by Gasteiger charge is 2.35. The Hall–Kier alpha value is -0.0400. The molecule has 0 saturated heterocycles. The van der Waals surface area contributed by atoms with Gasteiger partial charge in [-0.05, 0) is 51.9 Å². The Morgan fingerprint density at radius 1 is 0.519 bits per heavy atom. The van der Waals surface area contributed by atoms with Crippen molar-refractivity contribution in [2.45, 2.75) is 149 Å². The largest absolute Gasteiger partial charge is 0.321 e. The quantitative estimate of drug-likeness (QED) is 0.165. The monoisotopic (exact) mass is 380 g/mol. The van der Waals surface area contributed by atoms with E-state index in [9.17, 15) is 0 Å². The molecule has 1 unspecified atom stereocenters. The molecule has 1 fully saturated rings. The summed E-state index contributed by atoms with van der Waals surface area (Å²) in [4.78, 5) is 0. The number of hydrogen-bond acceptors (Lipinski definition) is 0. The van der Waals surface area contributed by atoms with E-state index >= 15 is 0 Å². The Labute approximate surface area is 173 Å². The third-order valence-electron chi connectivity index (χ3n) is 7.39. The minimum absolute atomic E-state index is 0.989. The molecule has 1 heteroatoms. The molecule has 162 valence electrons. The highest BCUT2D eigenvalue weighted by molar-refractivity contribution is 4.68. The van der Waals surface area contributed by atoms with Gasteiger partial charge in [-0.2, -0.15) is 0 Å². The summed E-state index contributed by atoms with van der Waals surface area (Å²) < 4.78 is 1.46. The average molecular weight is 381 g/mol. The Kier molecular flexibility index (Phi) is 15.6. The predicted octanol–water partition coefficient (Wildman–Crippen LogP) is 8.66. The first-order valence-electron chi connectivity index (χ1n) is 13.1. The molecule has 0 N–H and O–H groups in total. The molecule has 0 heterocycles. The maximum Gasteiger partial charge on any atom is 0.0890 e. The van der Waals surface area contributed by atoms with Crippen LogP contribution in [0.3, 0.4) is 0 Å². The molecule has 1 nitrogen and oxygen atoms in total. The van der Waals surface area contributed by atoms with Crippen LogP contribution in [0.25, 0.3) is 0 Å². The minimum Gasteiger partial charge on any atom is -0.321 e. The Morgan fingerprint density at radius 2 is 0.963 bits per heavy atom. The van der Waals surface area contributed by atoms with Gasteiger partial charge in [0.15, 0.2) is 0 Å². The molecule has 0 aromatic rings. The molecule has 0 spiro atoms. The molecule has 0 radical (unpaired) electrons. The number of rotatable bonds is 18. The lowest BCUT2D eigenvalue weighted by molar-refractivity contribution is -0.951. The summed E-state index contributed by atoms with van der Waals surface area (Å²) in [5.41, 5.74) is 0. The fourth-order valence-corrected chi connectivity index (χ4v) is 5.42. The van der Waals surface area contributed by atoms with Gasteiger partial charge >= 0.3 is 0 Å². The van der Waals surface area contributed by atoms with E-state index in [0.29, 0.717) is 0 Å². The number of unbranched alkanes of at least 4 members (excludes halogenated alkanes) is 12. The highest BCUT2D eigenvalue weighted by atomic mass is 15.4. The van der Waals surface area contributed by atoms with Gasteiger partial charge < -0.3 is 4.48 Å². The molecule has 1 aliphatic rings. The van der Waals surface area contributed by atoms with Crippen LogP contribution in [-0.2, 0) is 0 Å². The summed E-state index contributed by atoms with van der Waals surface area (Å²) in [5, 5.41) is 0. The van der Waals surface area contributed by atoms with E-state index in [2.05, 4.69) is 20.8 Å². The molecule has 1 aliphatic carbocycles. The summed E-state index contributed by atoms with van der Waals surface area (Å²) in [7, 11) is 0. The van der Waals surface area contributed by atoms with Crippen LogP contribution in [0.4, 0.5) is 0 Å². The van der Waals surface area contributed by atoms with Gasteiger partial charge in [0.25, 0.3) is 0 Å². The van der Waals surface area contributed by atoms with Gasteiger partial charge in [0.2, 0.25) is 0 Å². The Balaban J connectivity index is 2.14. The third kappa shape index (κ3) is 10.9. The van der Waals surface area contributed by atoms with Crippen molar-refractivity contribution in [2.75, 3.05) is 19.6 Å². The zero-order chi connectivity index (χ0) is 19.6. The van der Waals surface area contributed by atoms with Crippen LogP contribution in [0, 0.1) is 0 Å². The maximum atomic E-state index is 2.48. The van der Waals surface area contributed by atoms with E-state index in [1.54, 1.807) is 0 Å². The predicted molar refractivity (Wildman–Crippen MR) is 123 cm³/mol. The molecule has 0 aromatic heterocycles. The first-order valence-corrected chi connectivity index (χ1v) is 13.1. The van der Waals surface area contributed by atoms with E-state index in [0.717, 1.165) is 6.04 Å². The van der Waals surface area contributed by atoms with Crippen LogP contribution in [-0.4, -0.2) is 30.2 Å². The Bertz CT molecular complexity index is 307. The lowest BCUT2D eigenvalue weighted by Gasteiger charge is -2.46. The molecule has 1 atom stereocenters. The summed E-state index contributed by atoms with van der Waals surface area (Å²) in [6.07, 6.45) is 27.9. The van der Waals surface area contributed by atoms with Crippen molar-refractivity contribution < 1.29 is 4.48 Å². The van der Waals surface area contributed by atoms with Gasteiger partial charge in [-0.3, -0.25) is 0 Å². The fraction of sp³-hybridized carbons (Fsp3) is 1.00. The van der Waals surface area contributed by atoms with Crippen LogP contribution in [0.15, 0.2) is 0 Å². The van der Waals surface area contributed by atoms with Crippen molar-refractivity contribution >= 4 is 0 Å². The van der Waals surface area contributed by atoms with Crippen molar-refractivity contribution in [3.63, 3.8) is 0 Å². The Morgan fingerprint density at radius 3 is 1.44 bits per heavy atom. The van der Waals surface area contributed by atoms with Crippen molar-refractivity contribution in [2.24, 2.45) is 0 Å². The van der Waals surface area contributed by atoms with E-state index in [1.165, 1.54) is 146 Å². The SMILES string of the molecule is CCCCCCCCCCCCCC[N+](CC)(CCCC)C1CCCCC1. The van der Waals surface area contributed by atoms with E-state index in [4.69, 9.17) is 0 Å². The van der Waals surface area contributed by atoms with Crippen molar-refractivity contribution in [3.05, 3.63) is 0 Å². The number of hydrogen-bond donors (Lipinski definition) is 0. The first kappa shape index (κ1) is 25.0. The van der Waals surface area contributed by atoms with E-state index < -0.39 is 0 Å². The van der Waals surface area contributed by atoms with Crippen LogP contribution < -0.4 is 0 Å². The lowest BCUT2D eigenvalue weighted by Crippen LogP contribution is -2.57. The summed E-state index contributed by atoms with van der Waals surface area (Å²) in [5.74, 6) is 0. The van der Waals surface area contributed by atoms with Gasteiger partial charge in [-0.1, -0.05) is 90.9 Å². The van der Waals surface area contributed by atoms with Gasteiger partial charge in [-0.25, -0.2) is 0 Å². The molecule has 0 bridgehead atoms. The molecule has 0 amide bonds. The van der Waals surface area contributed by atoms with Crippen molar-refractivity contribution in [1.29, 1.82) is 0 Å². The molecule has 0 aliphatic heterocycles. The summed E-state index contributed by atoms with van der Waals surface area (Å²) in [6.45, 7) is 11.5. The van der Waals surface area contributed by atoms with Crippen LogP contribution in [0.2, 0.25) is 0 Å². The average Bonchev–Trinajstić information content (AvgIpc) is 2.72. The maximum absolute atomic E-state index is 2.48. The normalized spacial score (nSPS) is 17.9. The van der Waals surface area contributed by atoms with Crippen molar-refractivity contribution in [1.82, 2.24) is 0 Å². The second-order valence-electron chi connectivity index (χ2n) is 9.52. The smallest absolute Gasteiger partial charge is 0.0890 e. The van der Waals surface area contributed by atoms with Crippen LogP contribution in [0.1, 0.15) is 143 Å². The standard InChI is InChI=1S/C26H54N/c1-4-7-9-10-11-12-13-14-15-16-17-21-25-27(6-3,24-8-5-2)26-22-19-18-20-23-26/h26H,4-25H2,1-3H3/q+1. The lowest BCUT2D eigenvalue weighted by atomic mass is 9.91.